The maximum absolute atomic E-state index is 13.1. The van der Waals surface area contributed by atoms with E-state index >= 15 is 0 Å². The summed E-state index contributed by atoms with van der Waals surface area (Å²) in [5.74, 6) is 4.90. The van der Waals surface area contributed by atoms with Gasteiger partial charge in [-0.05, 0) is 98.0 Å². The van der Waals surface area contributed by atoms with Crippen LogP contribution in [0.3, 0.4) is 0 Å². The number of hydrogen-bond acceptors (Lipinski definition) is 10. The number of esters is 1. The summed E-state index contributed by atoms with van der Waals surface area (Å²) in [6.07, 6.45) is 12.9. The van der Waals surface area contributed by atoms with Gasteiger partial charge in [0.1, 0.15) is 11.3 Å². The molecule has 52 heavy (non-hydrogen) atoms. The monoisotopic (exact) mass is 747 g/mol. The highest BCUT2D eigenvalue weighted by Crippen LogP contribution is 2.69. The molecular weight excluding hydrogens is 695 g/mol. The molecule has 0 amide bonds. The minimum Gasteiger partial charge on any atom is -0.492 e. The Morgan fingerprint density at radius 3 is 2.69 bits per heavy atom. The molecule has 3 N–H and O–H groups in total. The Morgan fingerprint density at radius 2 is 1.90 bits per heavy atom. The van der Waals surface area contributed by atoms with Crippen molar-refractivity contribution in [2.75, 3.05) is 38.4 Å². The van der Waals surface area contributed by atoms with Crippen LogP contribution in [0.25, 0.3) is 0 Å². The molecule has 2 saturated carbocycles. The lowest BCUT2D eigenvalue weighted by atomic mass is 9.65. The largest absolute Gasteiger partial charge is 0.492 e. The molecule has 1 aromatic carbocycles. The quantitative estimate of drug-likeness (QED) is 0.178. The molecule has 5 heterocycles. The van der Waals surface area contributed by atoms with Crippen LogP contribution >= 0.6 is 21.6 Å². The number of piperidine rings is 1. The zero-order valence-corrected chi connectivity index (χ0v) is 32.0. The van der Waals surface area contributed by atoms with Gasteiger partial charge in [0.15, 0.2) is 11.5 Å². The van der Waals surface area contributed by atoms with E-state index in [-0.39, 0.29) is 53.0 Å². The Kier molecular flexibility index (Phi) is 9.65. The summed E-state index contributed by atoms with van der Waals surface area (Å²) in [7, 11) is 5.52. The van der Waals surface area contributed by atoms with Crippen molar-refractivity contribution in [3.8, 4) is 0 Å². The van der Waals surface area contributed by atoms with Gasteiger partial charge in [0.05, 0.1) is 32.3 Å². The Bertz CT molecular complexity index is 1690. The summed E-state index contributed by atoms with van der Waals surface area (Å²) in [6.45, 7) is 2.47. The number of nitrogens with zero attached hydrogens (tertiary/aromatic N) is 1. The average molecular weight is 748 g/mol. The molecule has 3 bridgehead atoms. The molecule has 3 aliphatic carbocycles. The molecule has 0 radical (unpaired) electrons. The molecule has 9 rings (SSSR count). The standard InChI is InChI=1S/C42H53NO7S2/c1-23-10-11-26-22-52-51-21-24-12-13-42(17-24)18-29-28(35(42)25-7-4-3-5-8-25)16-32-34-30(19-44)39(40-38(48-2)31(20-45)41(47)50-40)49-33(34)9-6-14-43(32)36(29)37(46)27(26)15-23/h3-5,7-9,11,23-24,27-30,32,34-37,44-46H,6,10,12-22H2,1-2H3. The molecular formula is C42H53NO7S2. The van der Waals surface area contributed by atoms with E-state index in [4.69, 9.17) is 14.2 Å². The van der Waals surface area contributed by atoms with Crippen molar-refractivity contribution in [2.24, 2.45) is 46.8 Å². The van der Waals surface area contributed by atoms with Gasteiger partial charge in [-0.2, -0.15) is 0 Å². The van der Waals surface area contributed by atoms with E-state index in [9.17, 15) is 20.1 Å². The SMILES string of the molecule is COC1=C(CO)C(=O)OC1=C1OC2=CCCN3C(CC4C5CC6(CCC(CSSCC7=CCC(C)CC7C(O)C53)C6)C4c3ccccc3)C2C1CO. The van der Waals surface area contributed by atoms with Gasteiger partial charge in [-0.3, -0.25) is 4.90 Å². The highest BCUT2D eigenvalue weighted by molar-refractivity contribution is 8.76. The second kappa shape index (κ2) is 14.1. The number of cyclic esters (lactones) is 1. The first-order valence-corrected chi connectivity index (χ1v) is 22.1. The number of carbonyl (C=O) groups excluding carboxylic acids is 1. The molecule has 8 aliphatic rings. The van der Waals surface area contributed by atoms with E-state index in [1.54, 1.807) is 0 Å². The van der Waals surface area contributed by atoms with Crippen LogP contribution in [0.5, 0.6) is 0 Å². The van der Waals surface area contributed by atoms with Crippen LogP contribution in [0.1, 0.15) is 69.8 Å². The summed E-state index contributed by atoms with van der Waals surface area (Å²) in [5.41, 5.74) is 3.13. The molecule has 1 spiro atoms. The number of rotatable bonds is 4. The third-order valence-corrected chi connectivity index (χ3v) is 16.9. The number of aliphatic hydroxyl groups is 3. The lowest BCUT2D eigenvalue weighted by Crippen LogP contribution is -2.62. The zero-order valence-electron chi connectivity index (χ0n) is 30.3. The maximum Gasteiger partial charge on any atom is 0.345 e. The number of aliphatic hydroxyl groups excluding tert-OH is 3. The third kappa shape index (κ3) is 5.67. The second-order valence-corrected chi connectivity index (χ2v) is 19.5. The van der Waals surface area contributed by atoms with Crippen LogP contribution in [0, 0.1) is 46.8 Å². The zero-order chi connectivity index (χ0) is 35.7. The number of methoxy groups -OCH3 is 1. The smallest absolute Gasteiger partial charge is 0.345 e. The first-order chi connectivity index (χ1) is 25.4. The lowest BCUT2D eigenvalue weighted by Gasteiger charge is -2.54. The first kappa shape index (κ1) is 35.5. The summed E-state index contributed by atoms with van der Waals surface area (Å²) < 4.78 is 18.0. The molecule has 280 valence electrons. The molecule has 0 aromatic heterocycles. The van der Waals surface area contributed by atoms with Crippen molar-refractivity contribution >= 4 is 27.6 Å². The van der Waals surface area contributed by atoms with Gasteiger partial charge >= 0.3 is 5.97 Å². The number of carbonyl (C=O) groups is 1. The summed E-state index contributed by atoms with van der Waals surface area (Å²) in [6, 6.07) is 11.3. The van der Waals surface area contributed by atoms with Gasteiger partial charge in [-0.1, -0.05) is 70.5 Å². The number of ether oxygens (including phenoxy) is 3. The van der Waals surface area contributed by atoms with Crippen LogP contribution in [-0.2, 0) is 19.0 Å². The Hall–Kier alpha value is -2.21. The van der Waals surface area contributed by atoms with E-state index in [0.29, 0.717) is 35.3 Å². The fourth-order valence-corrected chi connectivity index (χ4v) is 15.1. The van der Waals surface area contributed by atoms with Gasteiger partial charge in [-0.15, -0.1) is 0 Å². The van der Waals surface area contributed by atoms with E-state index < -0.39 is 24.6 Å². The highest BCUT2D eigenvalue weighted by Gasteiger charge is 2.64. The van der Waals surface area contributed by atoms with Crippen LogP contribution in [0.2, 0.25) is 0 Å². The fraction of sp³-hybridized carbons (Fsp3) is 0.643. The minimum atomic E-state index is -0.652. The summed E-state index contributed by atoms with van der Waals surface area (Å²) in [4.78, 5) is 15.5. The van der Waals surface area contributed by atoms with Gasteiger partial charge in [-0.25, -0.2) is 4.79 Å². The first-order valence-electron chi connectivity index (χ1n) is 19.6. The van der Waals surface area contributed by atoms with Gasteiger partial charge in [0.25, 0.3) is 0 Å². The van der Waals surface area contributed by atoms with E-state index in [1.807, 2.05) is 10.8 Å². The minimum absolute atomic E-state index is 0.0131. The van der Waals surface area contributed by atoms with Crippen molar-refractivity contribution in [1.29, 1.82) is 0 Å². The van der Waals surface area contributed by atoms with Crippen LogP contribution < -0.4 is 0 Å². The van der Waals surface area contributed by atoms with Crippen LogP contribution in [0.4, 0.5) is 0 Å². The predicted molar refractivity (Wildman–Crippen MR) is 202 cm³/mol. The number of fused-ring (bicyclic) bond motifs is 6. The van der Waals surface area contributed by atoms with Gasteiger partial charge < -0.3 is 29.5 Å². The predicted octanol–water partition coefficient (Wildman–Crippen LogP) is 6.57. The number of hydrogen-bond donors (Lipinski definition) is 3. The van der Waals surface area contributed by atoms with Crippen LogP contribution in [0.15, 0.2) is 76.7 Å². The van der Waals surface area contributed by atoms with Crippen LogP contribution in [-0.4, -0.2) is 82.8 Å². The molecule has 1 aromatic rings. The highest BCUT2D eigenvalue weighted by atomic mass is 33.1. The van der Waals surface area contributed by atoms with Crippen molar-refractivity contribution in [2.45, 2.75) is 82.4 Å². The maximum atomic E-state index is 13.1. The Labute approximate surface area is 315 Å². The Morgan fingerprint density at radius 1 is 1.06 bits per heavy atom. The normalized spacial score (nSPS) is 43.1. The van der Waals surface area contributed by atoms with E-state index in [1.165, 1.54) is 43.3 Å². The van der Waals surface area contributed by atoms with Gasteiger partial charge in [0.2, 0.25) is 5.76 Å². The molecule has 12 atom stereocenters. The molecule has 5 fully saturated rings. The van der Waals surface area contributed by atoms with Crippen molar-refractivity contribution in [1.82, 2.24) is 4.90 Å². The summed E-state index contributed by atoms with van der Waals surface area (Å²) in [5, 5.41) is 34.3. The molecule has 3 saturated heterocycles. The Balaban J connectivity index is 1.19. The molecule has 12 unspecified atom stereocenters. The van der Waals surface area contributed by atoms with Gasteiger partial charge in [0, 0.05) is 42.0 Å². The average Bonchev–Trinajstić information content (AvgIpc) is 3.87. The fourth-order valence-electron chi connectivity index (χ4n) is 12.5. The molecule has 10 heteroatoms. The summed E-state index contributed by atoms with van der Waals surface area (Å²) >= 11 is 0. The van der Waals surface area contributed by atoms with Crippen molar-refractivity contribution in [3.05, 3.63) is 82.2 Å². The molecule has 8 nitrogen and oxygen atoms in total. The van der Waals surface area contributed by atoms with Crippen molar-refractivity contribution < 1.29 is 34.3 Å². The lowest BCUT2D eigenvalue weighted by molar-refractivity contribution is -0.134. The third-order valence-electron chi connectivity index (χ3n) is 14.4. The topological polar surface area (TPSA) is 109 Å². The second-order valence-electron chi connectivity index (χ2n) is 17.0. The number of allylic oxidation sites excluding steroid dienone is 1. The van der Waals surface area contributed by atoms with E-state index in [2.05, 4.69) is 65.1 Å². The van der Waals surface area contributed by atoms with E-state index in [0.717, 1.165) is 50.2 Å². The number of benzene rings is 1. The van der Waals surface area contributed by atoms with Crippen molar-refractivity contribution in [3.63, 3.8) is 0 Å². The molecule has 5 aliphatic heterocycles.